The SMILES string of the molecule is COc1ccc(C(NC(C)C)(C2=C=C=CC=C2)c2ccccc2)cc1. The molecule has 0 bridgehead atoms. The standard InChI is InChI=1S/C23H23NO/c1-18(2)24-23(19-10-6-4-7-11-19,20-12-8-5-9-13-20)21-14-16-22(25-3)17-15-21/h4-8,10-12,14-18,24H,1-3H3. The molecule has 25 heavy (non-hydrogen) atoms. The zero-order valence-corrected chi connectivity index (χ0v) is 14.9. The van der Waals surface area contributed by atoms with Gasteiger partial charge in [0, 0.05) is 11.6 Å². The van der Waals surface area contributed by atoms with Gasteiger partial charge in [-0.25, -0.2) is 0 Å². The van der Waals surface area contributed by atoms with Gasteiger partial charge >= 0.3 is 0 Å². The monoisotopic (exact) mass is 329 g/mol. The van der Waals surface area contributed by atoms with Crippen LogP contribution in [0, 0.1) is 0 Å². The van der Waals surface area contributed by atoms with Crippen molar-refractivity contribution in [3.8, 4) is 5.75 Å². The van der Waals surface area contributed by atoms with E-state index in [2.05, 4.69) is 73.1 Å². The first-order chi connectivity index (χ1) is 12.2. The minimum absolute atomic E-state index is 0.274. The number of ether oxygens (including phenoxy) is 1. The molecule has 0 radical (unpaired) electrons. The lowest BCUT2D eigenvalue weighted by Crippen LogP contribution is -2.48. The Kier molecular flexibility index (Phi) is 5.07. The molecular weight excluding hydrogens is 306 g/mol. The van der Waals surface area contributed by atoms with Crippen LogP contribution in [0.15, 0.2) is 89.9 Å². The fourth-order valence-corrected chi connectivity index (χ4v) is 3.26. The smallest absolute Gasteiger partial charge is 0.118 e. The first-order valence-electron chi connectivity index (χ1n) is 8.53. The van der Waals surface area contributed by atoms with Crippen molar-refractivity contribution in [1.82, 2.24) is 5.32 Å². The van der Waals surface area contributed by atoms with Crippen molar-refractivity contribution >= 4 is 0 Å². The Morgan fingerprint density at radius 2 is 1.64 bits per heavy atom. The van der Waals surface area contributed by atoms with Crippen molar-refractivity contribution in [3.05, 3.63) is 101 Å². The minimum Gasteiger partial charge on any atom is -0.497 e. The van der Waals surface area contributed by atoms with Crippen molar-refractivity contribution in [1.29, 1.82) is 0 Å². The summed E-state index contributed by atoms with van der Waals surface area (Å²) >= 11 is 0. The third kappa shape index (κ3) is 3.38. The second-order valence-electron chi connectivity index (χ2n) is 6.35. The van der Waals surface area contributed by atoms with Gasteiger partial charge in [-0.2, -0.15) is 0 Å². The van der Waals surface area contributed by atoms with Crippen LogP contribution in [0.3, 0.4) is 0 Å². The fraction of sp³-hybridized carbons (Fsp3) is 0.217. The van der Waals surface area contributed by atoms with E-state index >= 15 is 0 Å². The van der Waals surface area contributed by atoms with E-state index in [9.17, 15) is 0 Å². The highest BCUT2D eigenvalue weighted by atomic mass is 16.5. The summed E-state index contributed by atoms with van der Waals surface area (Å²) < 4.78 is 5.34. The van der Waals surface area contributed by atoms with Gasteiger partial charge < -0.3 is 4.74 Å². The predicted molar refractivity (Wildman–Crippen MR) is 103 cm³/mol. The van der Waals surface area contributed by atoms with Gasteiger partial charge in [-0.15, -0.1) is 0 Å². The summed E-state index contributed by atoms with van der Waals surface area (Å²) in [6.07, 6.45) is 5.99. The first-order valence-corrected chi connectivity index (χ1v) is 8.53. The molecule has 1 N–H and O–H groups in total. The van der Waals surface area contributed by atoms with Crippen LogP contribution < -0.4 is 10.1 Å². The minimum atomic E-state index is -0.501. The van der Waals surface area contributed by atoms with Crippen LogP contribution in [-0.2, 0) is 5.54 Å². The van der Waals surface area contributed by atoms with Crippen molar-refractivity contribution in [2.24, 2.45) is 0 Å². The molecule has 0 saturated carbocycles. The maximum Gasteiger partial charge on any atom is 0.118 e. The lowest BCUT2D eigenvalue weighted by Gasteiger charge is -2.38. The summed E-state index contributed by atoms with van der Waals surface area (Å²) in [6, 6.07) is 19.0. The third-order valence-corrected chi connectivity index (χ3v) is 4.29. The number of nitrogens with one attached hydrogen (secondary N) is 1. The summed E-state index contributed by atoms with van der Waals surface area (Å²) in [4.78, 5) is 0. The molecule has 3 rings (SSSR count). The normalized spacial score (nSPS) is 15.1. The summed E-state index contributed by atoms with van der Waals surface area (Å²) in [7, 11) is 1.69. The molecule has 126 valence electrons. The Hall–Kier alpha value is -2.76. The van der Waals surface area contributed by atoms with E-state index < -0.39 is 5.54 Å². The lowest BCUT2D eigenvalue weighted by atomic mass is 9.75. The number of allylic oxidation sites excluding steroid dienone is 2. The van der Waals surface area contributed by atoms with Gasteiger partial charge in [0.1, 0.15) is 11.3 Å². The summed E-state index contributed by atoms with van der Waals surface area (Å²) in [5, 5.41) is 3.79. The van der Waals surface area contributed by atoms with E-state index in [0.717, 1.165) is 16.9 Å². The van der Waals surface area contributed by atoms with Crippen LogP contribution in [0.1, 0.15) is 25.0 Å². The maximum atomic E-state index is 5.34. The number of rotatable bonds is 6. The summed E-state index contributed by atoms with van der Waals surface area (Å²) in [5.74, 6) is 0.846. The van der Waals surface area contributed by atoms with Crippen molar-refractivity contribution in [3.63, 3.8) is 0 Å². The first kappa shape index (κ1) is 17.1. The molecule has 0 aliphatic heterocycles. The fourth-order valence-electron chi connectivity index (χ4n) is 3.26. The lowest BCUT2D eigenvalue weighted by molar-refractivity contribution is 0.410. The Bertz CT molecular complexity index is 849. The Morgan fingerprint density at radius 3 is 2.20 bits per heavy atom. The van der Waals surface area contributed by atoms with Gasteiger partial charge in [0.15, 0.2) is 0 Å². The van der Waals surface area contributed by atoms with Gasteiger partial charge in [-0.05, 0) is 49.3 Å². The average molecular weight is 329 g/mol. The number of methoxy groups -OCH3 is 1. The maximum absolute atomic E-state index is 5.34. The van der Waals surface area contributed by atoms with Gasteiger partial charge in [0.25, 0.3) is 0 Å². The van der Waals surface area contributed by atoms with Crippen molar-refractivity contribution in [2.75, 3.05) is 7.11 Å². The zero-order valence-electron chi connectivity index (χ0n) is 14.9. The van der Waals surface area contributed by atoms with E-state index in [4.69, 9.17) is 4.74 Å². The van der Waals surface area contributed by atoms with Crippen LogP contribution in [0.25, 0.3) is 0 Å². The van der Waals surface area contributed by atoms with Crippen molar-refractivity contribution in [2.45, 2.75) is 25.4 Å². The molecule has 2 heteroatoms. The van der Waals surface area contributed by atoms with E-state index in [1.807, 2.05) is 30.4 Å². The molecule has 0 saturated heterocycles. The van der Waals surface area contributed by atoms with Crippen molar-refractivity contribution < 1.29 is 4.74 Å². The second kappa shape index (κ2) is 7.42. The van der Waals surface area contributed by atoms with Crippen LogP contribution in [0.2, 0.25) is 0 Å². The van der Waals surface area contributed by atoms with E-state index in [0.29, 0.717) is 0 Å². The van der Waals surface area contributed by atoms with E-state index in [-0.39, 0.29) is 6.04 Å². The molecule has 1 unspecified atom stereocenters. The molecule has 0 amide bonds. The Balaban J connectivity index is 2.29. The van der Waals surface area contributed by atoms with Gasteiger partial charge in [0.2, 0.25) is 0 Å². The highest BCUT2D eigenvalue weighted by Crippen LogP contribution is 2.38. The molecular formula is C23H23NO. The quantitative estimate of drug-likeness (QED) is 0.773. The van der Waals surface area contributed by atoms with Crippen LogP contribution >= 0.6 is 0 Å². The highest BCUT2D eigenvalue weighted by Gasteiger charge is 2.38. The molecule has 1 atom stereocenters. The molecule has 2 aromatic rings. The Labute approximate surface area is 149 Å². The molecule has 1 aliphatic carbocycles. The second-order valence-corrected chi connectivity index (χ2v) is 6.35. The Morgan fingerprint density at radius 1 is 0.960 bits per heavy atom. The largest absolute Gasteiger partial charge is 0.497 e. The van der Waals surface area contributed by atoms with Crippen LogP contribution in [-0.4, -0.2) is 13.2 Å². The summed E-state index contributed by atoms with van der Waals surface area (Å²) in [5.41, 5.74) is 9.29. The van der Waals surface area contributed by atoms with E-state index in [1.165, 1.54) is 5.56 Å². The molecule has 0 aromatic heterocycles. The van der Waals surface area contributed by atoms with Gasteiger partial charge in [-0.1, -0.05) is 60.0 Å². The van der Waals surface area contributed by atoms with Gasteiger partial charge in [-0.3, -0.25) is 5.32 Å². The zero-order chi connectivity index (χ0) is 17.7. The number of benzene rings is 2. The van der Waals surface area contributed by atoms with E-state index in [1.54, 1.807) is 7.11 Å². The topological polar surface area (TPSA) is 21.3 Å². The number of hydrogen-bond donors (Lipinski definition) is 1. The highest BCUT2D eigenvalue weighted by molar-refractivity contribution is 5.53. The third-order valence-electron chi connectivity index (χ3n) is 4.29. The molecule has 2 nitrogen and oxygen atoms in total. The van der Waals surface area contributed by atoms with Crippen LogP contribution in [0.4, 0.5) is 0 Å². The molecule has 2 aromatic carbocycles. The molecule has 0 fully saturated rings. The molecule has 0 spiro atoms. The summed E-state index contributed by atoms with van der Waals surface area (Å²) in [6.45, 7) is 4.32. The molecule has 1 aliphatic rings. The number of hydrogen-bond acceptors (Lipinski definition) is 2. The van der Waals surface area contributed by atoms with Gasteiger partial charge in [0.05, 0.1) is 7.11 Å². The predicted octanol–water partition coefficient (Wildman–Crippen LogP) is 4.74. The molecule has 0 heterocycles. The van der Waals surface area contributed by atoms with Crippen LogP contribution in [0.5, 0.6) is 5.75 Å². The average Bonchev–Trinajstić information content (AvgIpc) is 2.67.